The van der Waals surface area contributed by atoms with Crippen molar-refractivity contribution in [1.82, 2.24) is 4.98 Å². The summed E-state index contributed by atoms with van der Waals surface area (Å²) in [4.78, 5) is 24.4. The summed E-state index contributed by atoms with van der Waals surface area (Å²) in [5.41, 5.74) is -0.0381. The van der Waals surface area contributed by atoms with Gasteiger partial charge in [0.25, 0.3) is 5.69 Å². The lowest BCUT2D eigenvalue weighted by Gasteiger charge is -2.04. The molecule has 1 heterocycles. The Morgan fingerprint density at radius 2 is 2.33 bits per heavy atom. The van der Waals surface area contributed by atoms with Crippen LogP contribution in [0.5, 0.6) is 0 Å². The Hall–Kier alpha value is -1.28. The van der Waals surface area contributed by atoms with E-state index >= 15 is 0 Å². The number of nitrogens with zero attached hydrogens (tertiary/aromatic N) is 2. The zero-order chi connectivity index (χ0) is 13.5. The van der Waals surface area contributed by atoms with Gasteiger partial charge in [0.05, 0.1) is 10.8 Å². The van der Waals surface area contributed by atoms with Crippen LogP contribution in [0.4, 0.5) is 5.69 Å². The maximum atomic E-state index is 10.6. The fourth-order valence-corrected chi connectivity index (χ4v) is 3.05. The van der Waals surface area contributed by atoms with Crippen LogP contribution < -0.4 is 0 Å². The lowest BCUT2D eigenvalue weighted by atomic mass is 10.1. The summed E-state index contributed by atoms with van der Waals surface area (Å²) in [6.07, 6.45) is 1.79. The molecule has 0 aliphatic heterocycles. The summed E-state index contributed by atoms with van der Waals surface area (Å²) >= 11 is 0. The second kappa shape index (κ2) is 7.22. The summed E-state index contributed by atoms with van der Waals surface area (Å²) in [6, 6.07) is 2.98. The van der Waals surface area contributed by atoms with Gasteiger partial charge in [-0.1, -0.05) is 17.7 Å². The number of carboxylic acids is 1. The lowest BCUT2D eigenvalue weighted by Crippen LogP contribution is -2.09. The van der Waals surface area contributed by atoms with Crippen molar-refractivity contribution in [3.63, 3.8) is 0 Å². The fourth-order valence-electron chi connectivity index (χ4n) is 0.980. The standard InChI is InChI=1S/C10H12N2O4S2/c1-7(10(13)14)4-5-17-18-9-3-2-8(6-11-9)12(15)16/h2-3,6-7H,4-5H2,1H3,(H,13,14). The highest BCUT2D eigenvalue weighted by Crippen LogP contribution is 2.31. The number of aliphatic carboxylic acids is 1. The molecule has 0 aliphatic carbocycles. The van der Waals surface area contributed by atoms with Gasteiger partial charge in [-0.2, -0.15) is 0 Å². The maximum Gasteiger partial charge on any atom is 0.306 e. The lowest BCUT2D eigenvalue weighted by molar-refractivity contribution is -0.385. The molecule has 1 aromatic heterocycles. The quantitative estimate of drug-likeness (QED) is 0.357. The van der Waals surface area contributed by atoms with E-state index in [9.17, 15) is 14.9 Å². The molecule has 1 N–H and O–H groups in total. The van der Waals surface area contributed by atoms with Crippen LogP contribution >= 0.6 is 21.6 Å². The fraction of sp³-hybridized carbons (Fsp3) is 0.400. The van der Waals surface area contributed by atoms with Gasteiger partial charge in [-0.15, -0.1) is 0 Å². The monoisotopic (exact) mass is 288 g/mol. The molecule has 0 radical (unpaired) electrons. The number of carboxylic acid groups (broad SMARTS) is 1. The SMILES string of the molecule is CC(CCSSc1ccc([N+](=O)[O-])cn1)C(=O)O. The Morgan fingerprint density at radius 3 is 2.83 bits per heavy atom. The molecule has 1 rings (SSSR count). The van der Waals surface area contributed by atoms with E-state index in [0.717, 1.165) is 0 Å². The molecule has 98 valence electrons. The smallest absolute Gasteiger partial charge is 0.306 e. The van der Waals surface area contributed by atoms with Gasteiger partial charge in [0.2, 0.25) is 0 Å². The second-order valence-corrected chi connectivity index (χ2v) is 5.98. The van der Waals surface area contributed by atoms with Gasteiger partial charge in [-0.3, -0.25) is 14.9 Å². The van der Waals surface area contributed by atoms with E-state index in [1.807, 2.05) is 0 Å². The van der Waals surface area contributed by atoms with E-state index in [2.05, 4.69) is 4.98 Å². The van der Waals surface area contributed by atoms with Crippen LogP contribution in [0.1, 0.15) is 13.3 Å². The molecule has 0 bridgehead atoms. The van der Waals surface area contributed by atoms with E-state index < -0.39 is 10.9 Å². The highest BCUT2D eigenvalue weighted by atomic mass is 33.1. The van der Waals surface area contributed by atoms with Crippen molar-refractivity contribution in [3.05, 3.63) is 28.4 Å². The largest absolute Gasteiger partial charge is 0.481 e. The van der Waals surface area contributed by atoms with Crippen molar-refractivity contribution in [3.8, 4) is 0 Å². The topological polar surface area (TPSA) is 93.3 Å². The van der Waals surface area contributed by atoms with Crippen LogP contribution in [0.25, 0.3) is 0 Å². The Kier molecular flexibility index (Phi) is 5.93. The molecular formula is C10H12N2O4S2. The highest BCUT2D eigenvalue weighted by molar-refractivity contribution is 8.76. The van der Waals surface area contributed by atoms with Crippen LogP contribution in [-0.4, -0.2) is 26.7 Å². The molecule has 18 heavy (non-hydrogen) atoms. The van der Waals surface area contributed by atoms with Gasteiger partial charge < -0.3 is 5.11 Å². The van der Waals surface area contributed by atoms with Crippen molar-refractivity contribution in [2.24, 2.45) is 5.92 Å². The van der Waals surface area contributed by atoms with Crippen LogP contribution in [0, 0.1) is 16.0 Å². The summed E-state index contributed by atoms with van der Waals surface area (Å²) in [6.45, 7) is 1.66. The molecule has 0 aliphatic rings. The first-order valence-corrected chi connectivity index (χ1v) is 7.45. The molecule has 0 spiro atoms. The first kappa shape index (κ1) is 14.8. The molecule has 0 fully saturated rings. The van der Waals surface area contributed by atoms with Crippen molar-refractivity contribution in [1.29, 1.82) is 0 Å². The molecule has 0 saturated heterocycles. The Labute approximate surface area is 112 Å². The number of rotatable bonds is 7. The average molecular weight is 288 g/mol. The van der Waals surface area contributed by atoms with Gasteiger partial charge in [0.15, 0.2) is 0 Å². The number of aromatic nitrogens is 1. The molecule has 0 amide bonds. The van der Waals surface area contributed by atoms with E-state index in [0.29, 0.717) is 17.2 Å². The van der Waals surface area contributed by atoms with E-state index in [-0.39, 0.29) is 11.6 Å². The normalized spacial score (nSPS) is 12.1. The van der Waals surface area contributed by atoms with Crippen molar-refractivity contribution < 1.29 is 14.8 Å². The molecule has 6 nitrogen and oxygen atoms in total. The average Bonchev–Trinajstić information content (AvgIpc) is 2.34. The molecule has 0 aromatic carbocycles. The third-order valence-electron chi connectivity index (χ3n) is 2.13. The maximum absolute atomic E-state index is 10.6. The Bertz CT molecular complexity index is 424. The van der Waals surface area contributed by atoms with Gasteiger partial charge in [0.1, 0.15) is 11.2 Å². The first-order chi connectivity index (χ1) is 8.50. The van der Waals surface area contributed by atoms with E-state index in [1.165, 1.54) is 33.9 Å². The summed E-state index contributed by atoms with van der Waals surface area (Å²) in [7, 11) is 2.87. The predicted molar refractivity (Wildman–Crippen MR) is 70.6 cm³/mol. The zero-order valence-electron chi connectivity index (χ0n) is 9.61. The Balaban J connectivity index is 2.31. The molecule has 1 aromatic rings. The van der Waals surface area contributed by atoms with Crippen molar-refractivity contribution in [2.45, 2.75) is 18.4 Å². The van der Waals surface area contributed by atoms with E-state index in [4.69, 9.17) is 5.11 Å². The van der Waals surface area contributed by atoms with Crippen LogP contribution in [0.3, 0.4) is 0 Å². The minimum Gasteiger partial charge on any atom is -0.481 e. The van der Waals surface area contributed by atoms with Crippen molar-refractivity contribution in [2.75, 3.05) is 5.75 Å². The third-order valence-corrected chi connectivity index (χ3v) is 4.43. The number of pyridine rings is 1. The third kappa shape index (κ3) is 4.92. The van der Waals surface area contributed by atoms with E-state index in [1.54, 1.807) is 13.0 Å². The summed E-state index contributed by atoms with van der Waals surface area (Å²) in [5.74, 6) is -0.464. The van der Waals surface area contributed by atoms with Gasteiger partial charge in [0, 0.05) is 11.8 Å². The molecule has 1 unspecified atom stereocenters. The number of hydrogen-bond acceptors (Lipinski definition) is 6. The van der Waals surface area contributed by atoms with Crippen LogP contribution in [0.15, 0.2) is 23.4 Å². The molecule has 1 atom stereocenters. The summed E-state index contributed by atoms with van der Waals surface area (Å²) in [5, 5.41) is 19.8. The predicted octanol–water partition coefficient (Wildman–Crippen LogP) is 2.84. The minimum atomic E-state index is -0.797. The molecule has 0 saturated carbocycles. The number of nitro groups is 1. The number of hydrogen-bond donors (Lipinski definition) is 1. The van der Waals surface area contributed by atoms with Crippen LogP contribution in [-0.2, 0) is 4.79 Å². The minimum absolute atomic E-state index is 0.0381. The Morgan fingerprint density at radius 1 is 1.61 bits per heavy atom. The van der Waals surface area contributed by atoms with Gasteiger partial charge in [-0.05, 0) is 23.3 Å². The molecule has 8 heteroatoms. The summed E-state index contributed by atoms with van der Waals surface area (Å²) < 4.78 is 0. The van der Waals surface area contributed by atoms with Crippen LogP contribution in [0.2, 0.25) is 0 Å². The van der Waals surface area contributed by atoms with Gasteiger partial charge >= 0.3 is 5.97 Å². The molecular weight excluding hydrogens is 276 g/mol. The van der Waals surface area contributed by atoms with Crippen molar-refractivity contribution >= 4 is 33.2 Å². The van der Waals surface area contributed by atoms with Gasteiger partial charge in [-0.25, -0.2) is 4.98 Å². The highest BCUT2D eigenvalue weighted by Gasteiger charge is 2.10. The zero-order valence-corrected chi connectivity index (χ0v) is 11.2. The number of carbonyl (C=O) groups is 1. The first-order valence-electron chi connectivity index (χ1n) is 5.13. The second-order valence-electron chi connectivity index (χ2n) is 3.55.